The van der Waals surface area contributed by atoms with Crippen LogP contribution in [-0.4, -0.2) is 52.8 Å². The number of H-pyrrole nitrogens is 1. The van der Waals surface area contributed by atoms with E-state index >= 15 is 0 Å². The Kier molecular flexibility index (Phi) is 5.53. The first-order chi connectivity index (χ1) is 13.2. The predicted octanol–water partition coefficient (Wildman–Crippen LogP) is 3.04. The Morgan fingerprint density at radius 1 is 1.29 bits per heavy atom. The molecule has 3 rings (SSSR count). The normalized spacial score (nSPS) is 11.0. The number of hydrogen-bond acceptors (Lipinski definition) is 5. The summed E-state index contributed by atoms with van der Waals surface area (Å²) in [5.41, 5.74) is 7.35. The number of aromatic nitrogens is 2. The van der Waals surface area contributed by atoms with Gasteiger partial charge in [-0.05, 0) is 31.8 Å². The Morgan fingerprint density at radius 3 is 2.71 bits per heavy atom. The van der Waals surface area contributed by atoms with Gasteiger partial charge in [-0.2, -0.15) is 0 Å². The summed E-state index contributed by atoms with van der Waals surface area (Å²) in [5, 5.41) is 8.49. The fraction of sp³-hybridized carbons (Fsp3) is 0.211. The molecule has 0 aliphatic heterocycles. The summed E-state index contributed by atoms with van der Waals surface area (Å²) in [6.45, 7) is 0.768. The number of ether oxygens (including phenoxy) is 1. The van der Waals surface area contributed by atoms with Gasteiger partial charge in [-0.15, -0.1) is 0 Å². The average molecular weight is 401 g/mol. The number of hydrogen-bond donors (Lipinski definition) is 3. The van der Waals surface area contributed by atoms with Crippen molar-refractivity contribution in [3.63, 3.8) is 0 Å². The molecular weight excluding hydrogens is 380 g/mol. The third-order valence-electron chi connectivity index (χ3n) is 4.08. The molecule has 1 amide bonds. The molecule has 146 valence electrons. The van der Waals surface area contributed by atoms with Crippen LogP contribution in [0.3, 0.4) is 0 Å². The van der Waals surface area contributed by atoms with Crippen LogP contribution in [0, 0.1) is 5.41 Å². The number of pyridine rings is 1. The maximum absolute atomic E-state index is 12.4. The molecule has 0 aliphatic rings. The van der Waals surface area contributed by atoms with E-state index in [0.29, 0.717) is 27.6 Å². The number of fused-ring (bicyclic) bond motifs is 1. The highest BCUT2D eigenvalue weighted by atomic mass is 35.5. The molecule has 9 heteroatoms. The molecule has 0 bridgehead atoms. The monoisotopic (exact) mass is 400 g/mol. The molecule has 0 spiro atoms. The zero-order valence-electron chi connectivity index (χ0n) is 15.8. The van der Waals surface area contributed by atoms with Crippen molar-refractivity contribution in [2.75, 3.05) is 21.1 Å². The molecule has 0 atom stereocenters. The minimum atomic E-state index is -0.430. The number of nitrogens with two attached hydrogens (primary N) is 1. The zero-order chi connectivity index (χ0) is 20.4. The number of carbonyl (C=O) groups excluding carboxylic acids is 1. The molecule has 1 aromatic carbocycles. The van der Waals surface area contributed by atoms with E-state index in [1.165, 1.54) is 7.05 Å². The van der Waals surface area contributed by atoms with E-state index < -0.39 is 5.91 Å². The van der Waals surface area contributed by atoms with Crippen molar-refractivity contribution in [3.05, 3.63) is 52.8 Å². The maximum atomic E-state index is 12.4. The zero-order valence-corrected chi connectivity index (χ0v) is 16.5. The first-order valence-electron chi connectivity index (χ1n) is 8.46. The van der Waals surface area contributed by atoms with Crippen LogP contribution in [0.15, 0.2) is 36.5 Å². The molecule has 0 saturated carbocycles. The number of benzene rings is 1. The quantitative estimate of drug-likeness (QED) is 0.450. The minimum absolute atomic E-state index is 0.276. The number of carbonyl (C=O) groups is 1. The lowest BCUT2D eigenvalue weighted by Gasteiger charge is -2.12. The molecule has 2 aromatic heterocycles. The molecule has 0 aliphatic carbocycles. The van der Waals surface area contributed by atoms with Crippen molar-refractivity contribution in [3.8, 4) is 11.6 Å². The summed E-state index contributed by atoms with van der Waals surface area (Å²) >= 11 is 6.37. The van der Waals surface area contributed by atoms with E-state index in [4.69, 9.17) is 27.5 Å². The van der Waals surface area contributed by atoms with Gasteiger partial charge in [0.15, 0.2) is 5.96 Å². The highest BCUT2D eigenvalue weighted by molar-refractivity contribution is 6.35. The lowest BCUT2D eigenvalue weighted by Crippen LogP contribution is -2.38. The highest BCUT2D eigenvalue weighted by Crippen LogP contribution is 2.32. The second kappa shape index (κ2) is 7.87. The Morgan fingerprint density at radius 2 is 2.04 bits per heavy atom. The van der Waals surface area contributed by atoms with Gasteiger partial charge in [0.2, 0.25) is 5.88 Å². The number of amides is 1. The van der Waals surface area contributed by atoms with Gasteiger partial charge in [-0.1, -0.05) is 11.6 Å². The van der Waals surface area contributed by atoms with E-state index in [2.05, 4.69) is 14.9 Å². The van der Waals surface area contributed by atoms with Crippen LogP contribution < -0.4 is 10.5 Å². The number of nitrogens with one attached hydrogen (secondary N) is 2. The lowest BCUT2D eigenvalue weighted by molar-refractivity contribution is 0.0864. The standard InChI is InChI=1S/C19H21ClN6O2/c1-25(2)10-11-4-5-23-17(6-11)28-12-7-14(20)13-9-16(24-15(13)8-12)18(27)26(3)19(21)22/h4-9,24H,10H2,1-3H3,(H3,21,22). The lowest BCUT2D eigenvalue weighted by atomic mass is 10.2. The maximum Gasteiger partial charge on any atom is 0.276 e. The van der Waals surface area contributed by atoms with Gasteiger partial charge < -0.3 is 20.4 Å². The van der Waals surface area contributed by atoms with Crippen molar-refractivity contribution in [1.29, 1.82) is 5.41 Å². The van der Waals surface area contributed by atoms with E-state index in [1.807, 2.05) is 26.2 Å². The van der Waals surface area contributed by atoms with Gasteiger partial charge in [0.05, 0.1) is 10.5 Å². The first kappa shape index (κ1) is 19.7. The SMILES string of the molecule is CN(C)Cc1ccnc(Oc2cc(Cl)c3cc(C(=O)N(C)C(=N)N)[nH]c3c2)c1. The van der Waals surface area contributed by atoms with E-state index in [-0.39, 0.29) is 11.7 Å². The van der Waals surface area contributed by atoms with Crippen LogP contribution >= 0.6 is 11.6 Å². The summed E-state index contributed by atoms with van der Waals surface area (Å²) in [4.78, 5) is 22.7. The van der Waals surface area contributed by atoms with E-state index in [9.17, 15) is 4.79 Å². The average Bonchev–Trinajstić information content (AvgIpc) is 3.04. The fourth-order valence-electron chi connectivity index (χ4n) is 2.72. The van der Waals surface area contributed by atoms with Gasteiger partial charge in [0, 0.05) is 43.4 Å². The van der Waals surface area contributed by atoms with E-state index in [1.54, 1.807) is 24.4 Å². The topological polar surface area (TPSA) is 111 Å². The van der Waals surface area contributed by atoms with Gasteiger partial charge in [-0.3, -0.25) is 15.1 Å². The molecular formula is C19H21ClN6O2. The third-order valence-corrected chi connectivity index (χ3v) is 4.39. The van der Waals surface area contributed by atoms with Gasteiger partial charge in [-0.25, -0.2) is 4.98 Å². The minimum Gasteiger partial charge on any atom is -0.439 e. The summed E-state index contributed by atoms with van der Waals surface area (Å²) in [5.74, 6) is 0.171. The van der Waals surface area contributed by atoms with Crippen LogP contribution in [0.2, 0.25) is 5.02 Å². The van der Waals surface area contributed by atoms with Crippen LogP contribution in [0.25, 0.3) is 10.9 Å². The van der Waals surface area contributed by atoms with Crippen molar-refractivity contribution in [2.45, 2.75) is 6.54 Å². The summed E-state index contributed by atoms with van der Waals surface area (Å²) in [7, 11) is 5.41. The van der Waals surface area contributed by atoms with Crippen LogP contribution in [-0.2, 0) is 6.54 Å². The Bertz CT molecular complexity index is 1050. The van der Waals surface area contributed by atoms with Gasteiger partial charge in [0.25, 0.3) is 5.91 Å². The smallest absolute Gasteiger partial charge is 0.276 e. The number of halogens is 1. The van der Waals surface area contributed by atoms with E-state index in [0.717, 1.165) is 17.0 Å². The second-order valence-corrected chi connectivity index (χ2v) is 7.05. The van der Waals surface area contributed by atoms with Crippen molar-refractivity contribution >= 4 is 34.4 Å². The molecule has 8 nitrogen and oxygen atoms in total. The van der Waals surface area contributed by atoms with Crippen LogP contribution in [0.1, 0.15) is 16.1 Å². The second-order valence-electron chi connectivity index (χ2n) is 6.64. The Labute approximate surface area is 167 Å². The van der Waals surface area contributed by atoms with Gasteiger partial charge >= 0.3 is 0 Å². The Balaban J connectivity index is 1.90. The van der Waals surface area contributed by atoms with Crippen LogP contribution in [0.5, 0.6) is 11.6 Å². The summed E-state index contributed by atoms with van der Waals surface area (Å²) < 4.78 is 5.86. The number of rotatable bonds is 5. The number of nitrogens with zero attached hydrogens (tertiary/aromatic N) is 3. The molecule has 0 unspecified atom stereocenters. The number of aromatic amines is 1. The Hall–Kier alpha value is -3.10. The fourth-order valence-corrected chi connectivity index (χ4v) is 2.99. The molecule has 2 heterocycles. The molecule has 28 heavy (non-hydrogen) atoms. The largest absolute Gasteiger partial charge is 0.439 e. The first-order valence-corrected chi connectivity index (χ1v) is 8.84. The highest BCUT2D eigenvalue weighted by Gasteiger charge is 2.18. The molecule has 0 fully saturated rings. The number of guanidine groups is 1. The molecule has 0 saturated heterocycles. The van der Waals surface area contributed by atoms with Crippen molar-refractivity contribution in [2.24, 2.45) is 5.73 Å². The summed E-state index contributed by atoms with van der Waals surface area (Å²) in [6, 6.07) is 8.83. The summed E-state index contributed by atoms with van der Waals surface area (Å²) in [6.07, 6.45) is 1.69. The predicted molar refractivity (Wildman–Crippen MR) is 109 cm³/mol. The van der Waals surface area contributed by atoms with Crippen LogP contribution in [0.4, 0.5) is 0 Å². The van der Waals surface area contributed by atoms with Crippen molar-refractivity contribution < 1.29 is 9.53 Å². The molecule has 0 radical (unpaired) electrons. The third kappa shape index (κ3) is 4.24. The molecule has 4 N–H and O–H groups in total. The van der Waals surface area contributed by atoms with Crippen molar-refractivity contribution in [1.82, 2.24) is 19.8 Å². The van der Waals surface area contributed by atoms with Gasteiger partial charge in [0.1, 0.15) is 11.4 Å². The molecule has 3 aromatic rings.